The summed E-state index contributed by atoms with van der Waals surface area (Å²) < 4.78 is 13.1. The summed E-state index contributed by atoms with van der Waals surface area (Å²) in [4.78, 5) is 47.4. The van der Waals surface area contributed by atoms with Crippen molar-refractivity contribution in [3.05, 3.63) is 47.8 Å². The van der Waals surface area contributed by atoms with Gasteiger partial charge in [0.1, 0.15) is 17.9 Å². The SMILES string of the molecule is C=CC(=O)NC(C)C(=O)N1CCC[C@H]1C(N)=O.CC.O=C(O)N1Cc2cccc(F)c2C1. The maximum Gasteiger partial charge on any atom is 0.407 e. The van der Waals surface area contributed by atoms with Crippen LogP contribution in [0.2, 0.25) is 0 Å². The maximum atomic E-state index is 13.1. The lowest BCUT2D eigenvalue weighted by Crippen LogP contribution is -2.51. The minimum atomic E-state index is -1.00. The Bertz CT molecular complexity index is 861. The molecule has 9 nitrogen and oxygen atoms in total. The second-order valence-electron chi connectivity index (χ2n) is 7.04. The molecular formula is C22H31FN4O5. The summed E-state index contributed by atoms with van der Waals surface area (Å²) in [6, 6.07) is 3.47. The van der Waals surface area contributed by atoms with Crippen LogP contribution in [0.3, 0.4) is 0 Å². The van der Waals surface area contributed by atoms with E-state index in [1.165, 1.54) is 15.9 Å². The summed E-state index contributed by atoms with van der Waals surface area (Å²) in [7, 11) is 0. The predicted octanol–water partition coefficient (Wildman–Crippen LogP) is 2.00. The van der Waals surface area contributed by atoms with E-state index in [1.54, 1.807) is 19.1 Å². The monoisotopic (exact) mass is 450 g/mol. The van der Waals surface area contributed by atoms with Crippen molar-refractivity contribution in [1.29, 1.82) is 0 Å². The molecule has 0 aliphatic carbocycles. The van der Waals surface area contributed by atoms with Crippen molar-refractivity contribution in [3.8, 4) is 0 Å². The molecule has 2 aliphatic rings. The van der Waals surface area contributed by atoms with Gasteiger partial charge in [-0.05, 0) is 37.5 Å². The van der Waals surface area contributed by atoms with Gasteiger partial charge in [0.05, 0.1) is 6.54 Å². The summed E-state index contributed by atoms with van der Waals surface area (Å²) in [6.45, 7) is 9.83. The predicted molar refractivity (Wildman–Crippen MR) is 117 cm³/mol. The Morgan fingerprint density at radius 3 is 2.47 bits per heavy atom. The largest absolute Gasteiger partial charge is 0.465 e. The van der Waals surface area contributed by atoms with Gasteiger partial charge in [0, 0.05) is 18.7 Å². The molecule has 10 heteroatoms. The first-order chi connectivity index (χ1) is 15.1. The Morgan fingerprint density at radius 1 is 1.28 bits per heavy atom. The molecule has 176 valence electrons. The van der Waals surface area contributed by atoms with E-state index in [9.17, 15) is 23.6 Å². The third kappa shape index (κ3) is 6.79. The van der Waals surface area contributed by atoms with Gasteiger partial charge in [0.15, 0.2) is 0 Å². The molecule has 0 radical (unpaired) electrons. The van der Waals surface area contributed by atoms with E-state index >= 15 is 0 Å². The standard InChI is InChI=1S/C11H17N3O3.C9H8FNO2.C2H6/c1-3-9(15)13-7(2)11(17)14-6-4-5-8(14)10(12)16;10-8-3-1-2-6-4-11(9(12)13)5-7(6)8;1-2/h3,7-8H,1,4-6H2,2H3,(H2,12,16)(H,13,15);1-3H,4-5H2,(H,12,13);1-2H3/t7?,8-;;/m0../s1. The Morgan fingerprint density at radius 2 is 1.94 bits per heavy atom. The van der Waals surface area contributed by atoms with Gasteiger partial charge >= 0.3 is 6.09 Å². The molecule has 2 atom stereocenters. The molecule has 4 amide bonds. The fourth-order valence-electron chi connectivity index (χ4n) is 3.43. The molecule has 2 heterocycles. The van der Waals surface area contributed by atoms with Gasteiger partial charge in [-0.15, -0.1) is 0 Å². The zero-order valence-electron chi connectivity index (χ0n) is 18.6. The number of nitrogens with two attached hydrogens (primary N) is 1. The zero-order valence-corrected chi connectivity index (χ0v) is 18.6. The lowest BCUT2D eigenvalue weighted by Gasteiger charge is -2.25. The minimum absolute atomic E-state index is 0.164. The van der Waals surface area contributed by atoms with Gasteiger partial charge in [0.2, 0.25) is 17.7 Å². The Balaban J connectivity index is 0.000000305. The number of halogens is 1. The quantitative estimate of drug-likeness (QED) is 0.604. The van der Waals surface area contributed by atoms with Gasteiger partial charge < -0.3 is 21.1 Å². The van der Waals surface area contributed by atoms with Crippen LogP contribution in [0.4, 0.5) is 9.18 Å². The van der Waals surface area contributed by atoms with E-state index in [0.717, 1.165) is 18.1 Å². The average Bonchev–Trinajstić information content (AvgIpc) is 3.43. The van der Waals surface area contributed by atoms with Gasteiger partial charge in [-0.2, -0.15) is 0 Å². The Kier molecular flexibility index (Phi) is 10.3. The van der Waals surface area contributed by atoms with Gasteiger partial charge in [-0.25, -0.2) is 9.18 Å². The maximum absolute atomic E-state index is 13.1. The van der Waals surface area contributed by atoms with Gasteiger partial charge in [-0.3, -0.25) is 19.3 Å². The Labute approximate surface area is 187 Å². The molecular weight excluding hydrogens is 419 g/mol. The number of benzene rings is 1. The summed E-state index contributed by atoms with van der Waals surface area (Å²) in [5.74, 6) is -1.53. The molecule has 0 aromatic heterocycles. The van der Waals surface area contributed by atoms with Crippen molar-refractivity contribution in [1.82, 2.24) is 15.1 Å². The van der Waals surface area contributed by atoms with Gasteiger partial charge in [-0.1, -0.05) is 32.6 Å². The summed E-state index contributed by atoms with van der Waals surface area (Å²) in [6.07, 6.45) is 1.43. The molecule has 1 aromatic carbocycles. The number of nitrogens with one attached hydrogen (secondary N) is 1. The second-order valence-corrected chi connectivity index (χ2v) is 7.04. The molecule has 1 fully saturated rings. The van der Waals surface area contributed by atoms with E-state index < -0.39 is 30.0 Å². The highest BCUT2D eigenvalue weighted by Gasteiger charge is 2.34. The second kappa shape index (κ2) is 12.4. The molecule has 0 spiro atoms. The van der Waals surface area contributed by atoms with Crippen LogP contribution in [-0.2, 0) is 27.5 Å². The number of hydrogen-bond donors (Lipinski definition) is 3. The fraction of sp³-hybridized carbons (Fsp3) is 0.455. The molecule has 32 heavy (non-hydrogen) atoms. The lowest BCUT2D eigenvalue weighted by atomic mass is 10.1. The first kappa shape index (κ1) is 26.6. The smallest absolute Gasteiger partial charge is 0.407 e. The van der Waals surface area contributed by atoms with Crippen molar-refractivity contribution in [2.45, 2.75) is 58.8 Å². The number of carbonyl (C=O) groups is 4. The van der Waals surface area contributed by atoms with Crippen LogP contribution in [-0.4, -0.2) is 57.3 Å². The number of amides is 4. The van der Waals surface area contributed by atoms with Crippen LogP contribution in [0.25, 0.3) is 0 Å². The fourth-order valence-corrected chi connectivity index (χ4v) is 3.43. The van der Waals surface area contributed by atoms with Crippen molar-refractivity contribution < 1.29 is 28.7 Å². The number of carbonyl (C=O) groups excluding carboxylic acids is 3. The molecule has 3 rings (SSSR count). The van der Waals surface area contributed by atoms with Crippen molar-refractivity contribution in [2.24, 2.45) is 5.73 Å². The highest BCUT2D eigenvalue weighted by molar-refractivity contribution is 5.94. The van der Waals surface area contributed by atoms with E-state index in [4.69, 9.17) is 10.8 Å². The average molecular weight is 451 g/mol. The topological polar surface area (TPSA) is 133 Å². The van der Waals surface area contributed by atoms with Crippen LogP contribution < -0.4 is 11.1 Å². The third-order valence-corrected chi connectivity index (χ3v) is 4.98. The first-order valence-electron chi connectivity index (χ1n) is 10.4. The number of primary amides is 1. The van der Waals surface area contributed by atoms with Crippen LogP contribution in [0, 0.1) is 5.82 Å². The van der Waals surface area contributed by atoms with E-state index in [1.807, 2.05) is 13.8 Å². The van der Waals surface area contributed by atoms with Crippen LogP contribution in [0.1, 0.15) is 44.7 Å². The van der Waals surface area contributed by atoms with Crippen molar-refractivity contribution >= 4 is 23.8 Å². The summed E-state index contributed by atoms with van der Waals surface area (Å²) in [5.41, 5.74) is 6.49. The van der Waals surface area contributed by atoms with Gasteiger partial charge in [0.25, 0.3) is 0 Å². The molecule has 1 aromatic rings. The van der Waals surface area contributed by atoms with E-state index in [0.29, 0.717) is 25.1 Å². The Hall–Kier alpha value is -3.43. The number of carboxylic acid groups (broad SMARTS) is 1. The number of fused-ring (bicyclic) bond motifs is 1. The number of hydrogen-bond acceptors (Lipinski definition) is 4. The molecule has 0 bridgehead atoms. The number of nitrogens with zero attached hydrogens (tertiary/aromatic N) is 2. The normalized spacial score (nSPS) is 17.1. The summed E-state index contributed by atoms with van der Waals surface area (Å²) >= 11 is 0. The third-order valence-electron chi connectivity index (χ3n) is 4.98. The number of rotatable bonds is 4. The zero-order chi connectivity index (χ0) is 24.4. The minimum Gasteiger partial charge on any atom is -0.465 e. The van der Waals surface area contributed by atoms with Crippen molar-refractivity contribution in [3.63, 3.8) is 0 Å². The van der Waals surface area contributed by atoms with Crippen LogP contribution in [0.15, 0.2) is 30.9 Å². The van der Waals surface area contributed by atoms with Crippen LogP contribution >= 0.6 is 0 Å². The van der Waals surface area contributed by atoms with E-state index in [-0.39, 0.29) is 18.3 Å². The van der Waals surface area contributed by atoms with Crippen LogP contribution in [0.5, 0.6) is 0 Å². The lowest BCUT2D eigenvalue weighted by molar-refractivity contribution is -0.139. The molecule has 2 aliphatic heterocycles. The summed E-state index contributed by atoms with van der Waals surface area (Å²) in [5, 5.41) is 11.1. The van der Waals surface area contributed by atoms with Crippen molar-refractivity contribution in [2.75, 3.05) is 6.54 Å². The molecule has 4 N–H and O–H groups in total. The number of likely N-dealkylation sites (tertiary alicyclic amines) is 1. The highest BCUT2D eigenvalue weighted by atomic mass is 19.1. The van der Waals surface area contributed by atoms with E-state index in [2.05, 4.69) is 11.9 Å². The molecule has 1 saturated heterocycles. The highest BCUT2D eigenvalue weighted by Crippen LogP contribution is 2.24. The first-order valence-corrected chi connectivity index (χ1v) is 10.4. The molecule has 1 unspecified atom stereocenters. The molecule has 0 saturated carbocycles.